The third-order valence-electron chi connectivity index (χ3n) is 4.94. The second kappa shape index (κ2) is 8.02. The van der Waals surface area contributed by atoms with E-state index in [4.69, 9.17) is 14.5 Å². The molecule has 1 aliphatic rings. The van der Waals surface area contributed by atoms with Gasteiger partial charge in [-0.15, -0.1) is 11.3 Å². The van der Waals surface area contributed by atoms with Crippen molar-refractivity contribution in [2.75, 3.05) is 20.8 Å². The van der Waals surface area contributed by atoms with Crippen LogP contribution in [0.1, 0.15) is 16.1 Å². The number of amides is 1. The minimum atomic E-state index is 0.148. The van der Waals surface area contributed by atoms with Crippen LogP contribution in [0.2, 0.25) is 0 Å². The number of aromatic nitrogens is 1. The monoisotopic (exact) mass is 394 g/mol. The maximum atomic E-state index is 12.7. The average Bonchev–Trinajstić information content (AvgIpc) is 3.17. The highest BCUT2D eigenvalue weighted by molar-refractivity contribution is 7.15. The molecule has 0 fully saturated rings. The van der Waals surface area contributed by atoms with Gasteiger partial charge in [-0.25, -0.2) is 4.98 Å². The van der Waals surface area contributed by atoms with Crippen LogP contribution in [0.4, 0.5) is 0 Å². The second-order valence-corrected chi connectivity index (χ2v) is 7.79. The SMILES string of the molecule is COc1ccc(CC(=O)N2CCc3nc(-c4ccc(OC)cc4)sc3C2)cc1. The lowest BCUT2D eigenvalue weighted by Gasteiger charge is -2.26. The Morgan fingerprint density at radius 3 is 2.32 bits per heavy atom. The Morgan fingerprint density at radius 2 is 1.68 bits per heavy atom. The van der Waals surface area contributed by atoms with E-state index in [9.17, 15) is 4.79 Å². The third kappa shape index (κ3) is 3.87. The summed E-state index contributed by atoms with van der Waals surface area (Å²) in [6.45, 7) is 1.35. The van der Waals surface area contributed by atoms with Crippen LogP contribution in [0.3, 0.4) is 0 Å². The molecule has 4 rings (SSSR count). The van der Waals surface area contributed by atoms with Crippen LogP contribution < -0.4 is 9.47 Å². The van der Waals surface area contributed by atoms with Crippen LogP contribution in [-0.2, 0) is 24.2 Å². The van der Waals surface area contributed by atoms with Crippen molar-refractivity contribution < 1.29 is 14.3 Å². The molecule has 2 heterocycles. The Balaban J connectivity index is 1.45. The average molecular weight is 394 g/mol. The Bertz CT molecular complexity index is 964. The number of fused-ring (bicyclic) bond motifs is 1. The van der Waals surface area contributed by atoms with Crippen LogP contribution >= 0.6 is 11.3 Å². The number of ether oxygens (including phenoxy) is 2. The topological polar surface area (TPSA) is 51.7 Å². The first-order valence-corrected chi connectivity index (χ1v) is 10.0. The van der Waals surface area contributed by atoms with Crippen LogP contribution in [0.25, 0.3) is 10.6 Å². The van der Waals surface area contributed by atoms with Gasteiger partial charge in [-0.2, -0.15) is 0 Å². The summed E-state index contributed by atoms with van der Waals surface area (Å²) in [7, 11) is 3.30. The molecule has 0 aliphatic carbocycles. The van der Waals surface area contributed by atoms with Crippen LogP contribution in [-0.4, -0.2) is 36.6 Å². The van der Waals surface area contributed by atoms with E-state index in [1.165, 1.54) is 4.88 Å². The number of carbonyl (C=O) groups excluding carboxylic acids is 1. The predicted molar refractivity (Wildman–Crippen MR) is 110 cm³/mol. The zero-order chi connectivity index (χ0) is 19.5. The lowest BCUT2D eigenvalue weighted by Crippen LogP contribution is -2.36. The van der Waals surface area contributed by atoms with Gasteiger partial charge < -0.3 is 14.4 Å². The number of methoxy groups -OCH3 is 2. The summed E-state index contributed by atoms with van der Waals surface area (Å²) in [6, 6.07) is 15.6. The zero-order valence-corrected chi connectivity index (χ0v) is 16.8. The number of benzene rings is 2. The lowest BCUT2D eigenvalue weighted by molar-refractivity contribution is -0.131. The summed E-state index contributed by atoms with van der Waals surface area (Å²) < 4.78 is 10.4. The van der Waals surface area contributed by atoms with Gasteiger partial charge in [0.2, 0.25) is 5.91 Å². The minimum Gasteiger partial charge on any atom is -0.497 e. The van der Waals surface area contributed by atoms with Gasteiger partial charge in [-0.3, -0.25) is 4.79 Å². The summed E-state index contributed by atoms with van der Waals surface area (Å²) in [5.41, 5.74) is 3.19. The molecule has 1 aromatic heterocycles. The van der Waals surface area contributed by atoms with Crippen molar-refractivity contribution in [1.29, 1.82) is 0 Å². The molecule has 0 radical (unpaired) electrons. The van der Waals surface area contributed by atoms with E-state index in [0.29, 0.717) is 19.5 Å². The molecule has 144 valence electrons. The van der Waals surface area contributed by atoms with Crippen molar-refractivity contribution >= 4 is 17.2 Å². The van der Waals surface area contributed by atoms with Crippen molar-refractivity contribution in [2.45, 2.75) is 19.4 Å². The molecule has 0 saturated heterocycles. The largest absolute Gasteiger partial charge is 0.497 e. The molecular weight excluding hydrogens is 372 g/mol. The van der Waals surface area contributed by atoms with Crippen LogP contribution in [0, 0.1) is 0 Å². The van der Waals surface area contributed by atoms with E-state index >= 15 is 0 Å². The fraction of sp³-hybridized carbons (Fsp3) is 0.273. The molecule has 0 saturated carbocycles. The van der Waals surface area contributed by atoms with Crippen molar-refractivity contribution in [3.63, 3.8) is 0 Å². The molecule has 3 aromatic rings. The zero-order valence-electron chi connectivity index (χ0n) is 16.0. The molecule has 1 amide bonds. The van der Waals surface area contributed by atoms with Gasteiger partial charge >= 0.3 is 0 Å². The van der Waals surface area contributed by atoms with Gasteiger partial charge in [-0.05, 0) is 42.0 Å². The summed E-state index contributed by atoms with van der Waals surface area (Å²) in [6.07, 6.45) is 1.21. The first kappa shape index (κ1) is 18.5. The molecule has 1 aliphatic heterocycles. The highest BCUT2D eigenvalue weighted by atomic mass is 32.1. The number of carbonyl (C=O) groups is 1. The first-order chi connectivity index (χ1) is 13.7. The van der Waals surface area contributed by atoms with Crippen molar-refractivity contribution in [1.82, 2.24) is 9.88 Å². The molecule has 0 atom stereocenters. The lowest BCUT2D eigenvalue weighted by atomic mass is 10.1. The van der Waals surface area contributed by atoms with E-state index in [2.05, 4.69) is 0 Å². The van der Waals surface area contributed by atoms with Gasteiger partial charge in [0, 0.05) is 23.4 Å². The number of hydrogen-bond donors (Lipinski definition) is 0. The Hall–Kier alpha value is -2.86. The number of nitrogens with zero attached hydrogens (tertiary/aromatic N) is 2. The molecule has 0 bridgehead atoms. The standard InChI is InChI=1S/C22H22N2O3S/c1-26-17-7-3-15(4-8-17)13-21(25)24-12-11-19-20(14-24)28-22(23-19)16-5-9-18(27-2)10-6-16/h3-10H,11-14H2,1-2H3. The van der Waals surface area contributed by atoms with Crippen molar-refractivity contribution in [3.8, 4) is 22.1 Å². The highest BCUT2D eigenvalue weighted by Gasteiger charge is 2.24. The molecule has 0 N–H and O–H groups in total. The van der Waals surface area contributed by atoms with Crippen molar-refractivity contribution in [3.05, 3.63) is 64.7 Å². The van der Waals surface area contributed by atoms with E-state index in [0.717, 1.165) is 39.7 Å². The Morgan fingerprint density at radius 1 is 1.04 bits per heavy atom. The maximum absolute atomic E-state index is 12.7. The second-order valence-electron chi connectivity index (χ2n) is 6.71. The van der Waals surface area contributed by atoms with Gasteiger partial charge in [-0.1, -0.05) is 12.1 Å². The quantitative estimate of drug-likeness (QED) is 0.657. The van der Waals surface area contributed by atoms with Crippen LogP contribution in [0.5, 0.6) is 11.5 Å². The Kier molecular flexibility index (Phi) is 5.30. The first-order valence-electron chi connectivity index (χ1n) is 9.20. The molecular formula is C22H22N2O3S. The minimum absolute atomic E-state index is 0.148. The van der Waals surface area contributed by atoms with Gasteiger partial charge in [0.05, 0.1) is 32.9 Å². The number of thiazole rings is 1. The smallest absolute Gasteiger partial charge is 0.227 e. The summed E-state index contributed by atoms with van der Waals surface area (Å²) >= 11 is 1.67. The van der Waals surface area contributed by atoms with Gasteiger partial charge in [0.15, 0.2) is 0 Å². The molecule has 5 nitrogen and oxygen atoms in total. The number of rotatable bonds is 5. The maximum Gasteiger partial charge on any atom is 0.227 e. The predicted octanol–water partition coefficient (Wildman–Crippen LogP) is 3.95. The van der Waals surface area contributed by atoms with Crippen LogP contribution in [0.15, 0.2) is 48.5 Å². The summed E-state index contributed by atoms with van der Waals surface area (Å²) in [5.74, 6) is 1.78. The van der Waals surface area contributed by atoms with Gasteiger partial charge in [0.25, 0.3) is 0 Å². The summed E-state index contributed by atoms with van der Waals surface area (Å²) in [4.78, 5) is 20.7. The number of hydrogen-bond acceptors (Lipinski definition) is 5. The Labute approximate surface area is 168 Å². The summed E-state index contributed by atoms with van der Waals surface area (Å²) in [5, 5.41) is 0.997. The van der Waals surface area contributed by atoms with E-state index in [1.54, 1.807) is 25.6 Å². The van der Waals surface area contributed by atoms with E-state index in [-0.39, 0.29) is 5.91 Å². The third-order valence-corrected chi connectivity index (χ3v) is 6.07. The molecule has 6 heteroatoms. The van der Waals surface area contributed by atoms with Gasteiger partial charge in [0.1, 0.15) is 16.5 Å². The fourth-order valence-electron chi connectivity index (χ4n) is 3.30. The highest BCUT2D eigenvalue weighted by Crippen LogP contribution is 2.32. The normalized spacial score (nSPS) is 13.1. The molecule has 2 aromatic carbocycles. The molecule has 0 unspecified atom stereocenters. The van der Waals surface area contributed by atoms with E-state index in [1.807, 2.05) is 53.4 Å². The van der Waals surface area contributed by atoms with Crippen molar-refractivity contribution in [2.24, 2.45) is 0 Å². The fourth-order valence-corrected chi connectivity index (χ4v) is 4.42. The molecule has 0 spiro atoms. The molecule has 28 heavy (non-hydrogen) atoms. The van der Waals surface area contributed by atoms with E-state index < -0.39 is 0 Å².